The summed E-state index contributed by atoms with van der Waals surface area (Å²) in [7, 11) is -3.48. The minimum Gasteiger partial charge on any atom is -0.371 e. The Morgan fingerprint density at radius 2 is 1.79 bits per heavy atom. The Labute approximate surface area is 148 Å². The van der Waals surface area contributed by atoms with E-state index in [0.717, 1.165) is 19.5 Å². The van der Waals surface area contributed by atoms with E-state index in [0.29, 0.717) is 17.5 Å². The molecule has 6 heteroatoms. The van der Waals surface area contributed by atoms with Crippen LogP contribution in [-0.4, -0.2) is 28.1 Å². The Morgan fingerprint density at radius 3 is 2.46 bits per heavy atom. The van der Waals surface area contributed by atoms with Crippen LogP contribution in [0.3, 0.4) is 0 Å². The van der Waals surface area contributed by atoms with Crippen LogP contribution >= 0.6 is 11.6 Å². The van der Waals surface area contributed by atoms with Gasteiger partial charge in [-0.05, 0) is 55.7 Å². The first-order chi connectivity index (χ1) is 11.4. The molecular weight excluding hydrogens is 344 g/mol. The van der Waals surface area contributed by atoms with Crippen LogP contribution in [-0.2, 0) is 10.0 Å². The van der Waals surface area contributed by atoms with Crippen LogP contribution < -0.4 is 9.62 Å². The van der Waals surface area contributed by atoms with E-state index in [1.165, 1.54) is 23.4 Å². The molecule has 0 radical (unpaired) electrons. The normalized spacial score (nSPS) is 18.1. The molecule has 1 heterocycles. The van der Waals surface area contributed by atoms with Gasteiger partial charge in [0.05, 0.1) is 4.90 Å². The van der Waals surface area contributed by atoms with Gasteiger partial charge in [0.2, 0.25) is 10.0 Å². The molecule has 1 aliphatic rings. The molecular formula is C18H21ClN2O2S. The molecule has 1 unspecified atom stereocenters. The Morgan fingerprint density at radius 1 is 1.12 bits per heavy atom. The summed E-state index contributed by atoms with van der Waals surface area (Å²) < 4.78 is 27.4. The lowest BCUT2D eigenvalue weighted by atomic mass is 10.1. The molecule has 3 rings (SSSR count). The second kappa shape index (κ2) is 7.13. The zero-order valence-electron chi connectivity index (χ0n) is 13.6. The average molecular weight is 365 g/mol. The smallest absolute Gasteiger partial charge is 0.240 e. The van der Waals surface area contributed by atoms with Gasteiger partial charge in [-0.15, -0.1) is 0 Å². The molecule has 0 aliphatic carbocycles. The molecule has 1 fully saturated rings. The molecule has 1 aliphatic heterocycles. The van der Waals surface area contributed by atoms with Gasteiger partial charge in [0, 0.05) is 30.3 Å². The second-order valence-electron chi connectivity index (χ2n) is 6.24. The molecule has 1 saturated heterocycles. The second-order valence-corrected chi connectivity index (χ2v) is 8.45. The van der Waals surface area contributed by atoms with Crippen molar-refractivity contribution in [1.29, 1.82) is 0 Å². The van der Waals surface area contributed by atoms with Gasteiger partial charge in [-0.3, -0.25) is 0 Å². The topological polar surface area (TPSA) is 49.4 Å². The summed E-state index contributed by atoms with van der Waals surface area (Å²) in [6.07, 6.45) is 0.983. The van der Waals surface area contributed by atoms with E-state index in [-0.39, 0.29) is 4.90 Å². The van der Waals surface area contributed by atoms with E-state index in [2.05, 4.69) is 40.8 Å². The molecule has 4 nitrogen and oxygen atoms in total. The Kier molecular flexibility index (Phi) is 5.13. The summed E-state index contributed by atoms with van der Waals surface area (Å²) in [6, 6.07) is 14.7. The van der Waals surface area contributed by atoms with Crippen molar-refractivity contribution in [2.45, 2.75) is 18.2 Å². The maximum atomic E-state index is 12.3. The van der Waals surface area contributed by atoms with Gasteiger partial charge >= 0.3 is 0 Å². The Hall–Kier alpha value is -1.56. The van der Waals surface area contributed by atoms with E-state index < -0.39 is 10.0 Å². The number of anilines is 1. The number of benzene rings is 2. The van der Waals surface area contributed by atoms with Crippen LogP contribution in [0.4, 0.5) is 5.69 Å². The highest BCUT2D eigenvalue weighted by molar-refractivity contribution is 7.89. The van der Waals surface area contributed by atoms with Crippen molar-refractivity contribution in [3.8, 4) is 0 Å². The molecule has 24 heavy (non-hydrogen) atoms. The number of hydrogen-bond acceptors (Lipinski definition) is 3. The first-order valence-corrected chi connectivity index (χ1v) is 9.87. The number of aryl methyl sites for hydroxylation is 1. The van der Waals surface area contributed by atoms with Gasteiger partial charge in [0.25, 0.3) is 0 Å². The van der Waals surface area contributed by atoms with Crippen molar-refractivity contribution in [3.63, 3.8) is 0 Å². The van der Waals surface area contributed by atoms with E-state index in [1.807, 2.05) is 0 Å². The number of nitrogens with one attached hydrogen (secondary N) is 1. The van der Waals surface area contributed by atoms with Crippen LogP contribution in [0.5, 0.6) is 0 Å². The number of halogens is 1. The monoisotopic (exact) mass is 364 g/mol. The summed E-state index contributed by atoms with van der Waals surface area (Å²) >= 11 is 5.81. The van der Waals surface area contributed by atoms with Crippen molar-refractivity contribution in [1.82, 2.24) is 4.72 Å². The molecule has 2 aromatic rings. The van der Waals surface area contributed by atoms with Crippen LogP contribution in [0.1, 0.15) is 12.0 Å². The third-order valence-electron chi connectivity index (χ3n) is 4.37. The van der Waals surface area contributed by atoms with Crippen molar-refractivity contribution in [2.24, 2.45) is 5.92 Å². The lowest BCUT2D eigenvalue weighted by Gasteiger charge is -2.19. The number of sulfonamides is 1. The number of hydrogen-bond donors (Lipinski definition) is 1. The summed E-state index contributed by atoms with van der Waals surface area (Å²) in [6.45, 7) is 4.35. The molecule has 0 amide bonds. The van der Waals surface area contributed by atoms with Crippen LogP contribution in [0, 0.1) is 12.8 Å². The quantitative estimate of drug-likeness (QED) is 0.884. The molecule has 2 aromatic carbocycles. The number of nitrogens with zero attached hydrogens (tertiary/aromatic N) is 1. The van der Waals surface area contributed by atoms with Gasteiger partial charge in [0.1, 0.15) is 0 Å². The zero-order valence-corrected chi connectivity index (χ0v) is 15.1. The van der Waals surface area contributed by atoms with Gasteiger partial charge < -0.3 is 4.90 Å². The predicted molar refractivity (Wildman–Crippen MR) is 98.1 cm³/mol. The maximum Gasteiger partial charge on any atom is 0.240 e. The third kappa shape index (κ3) is 4.09. The first kappa shape index (κ1) is 17.3. The highest BCUT2D eigenvalue weighted by Crippen LogP contribution is 2.24. The number of rotatable bonds is 5. The van der Waals surface area contributed by atoms with Crippen LogP contribution in [0.25, 0.3) is 0 Å². The fourth-order valence-electron chi connectivity index (χ4n) is 2.91. The minimum absolute atomic E-state index is 0.250. The van der Waals surface area contributed by atoms with E-state index in [1.54, 1.807) is 12.1 Å². The minimum atomic E-state index is -3.48. The summed E-state index contributed by atoms with van der Waals surface area (Å²) in [5, 5.41) is 0.526. The highest BCUT2D eigenvalue weighted by Gasteiger charge is 2.24. The molecule has 0 saturated carbocycles. The lowest BCUT2D eigenvalue weighted by Crippen LogP contribution is -2.31. The van der Waals surface area contributed by atoms with Crippen molar-refractivity contribution in [2.75, 3.05) is 24.5 Å². The SMILES string of the molecule is Cc1ccc(N2CCC(CNS(=O)(=O)c3ccc(Cl)cc3)C2)cc1. The van der Waals surface area contributed by atoms with Crippen LogP contribution in [0.15, 0.2) is 53.4 Å². The third-order valence-corrected chi connectivity index (χ3v) is 6.06. The van der Waals surface area contributed by atoms with E-state index in [4.69, 9.17) is 11.6 Å². The van der Waals surface area contributed by atoms with Crippen molar-refractivity contribution in [3.05, 3.63) is 59.1 Å². The fourth-order valence-corrected chi connectivity index (χ4v) is 4.16. The van der Waals surface area contributed by atoms with Gasteiger partial charge in [-0.1, -0.05) is 29.3 Å². The predicted octanol–water partition coefficient (Wildman–Crippen LogP) is 3.45. The maximum absolute atomic E-state index is 12.3. The fraction of sp³-hybridized carbons (Fsp3) is 0.333. The lowest BCUT2D eigenvalue weighted by molar-refractivity contribution is 0.541. The van der Waals surface area contributed by atoms with Crippen LogP contribution in [0.2, 0.25) is 5.02 Å². The molecule has 1 atom stereocenters. The Balaban J connectivity index is 1.57. The molecule has 1 N–H and O–H groups in total. The Bertz CT molecular complexity index is 789. The molecule has 0 spiro atoms. The van der Waals surface area contributed by atoms with Crippen molar-refractivity contribution >= 4 is 27.3 Å². The highest BCUT2D eigenvalue weighted by atomic mass is 35.5. The molecule has 0 bridgehead atoms. The van der Waals surface area contributed by atoms with Gasteiger partial charge in [0.15, 0.2) is 0 Å². The van der Waals surface area contributed by atoms with E-state index >= 15 is 0 Å². The molecule has 128 valence electrons. The summed E-state index contributed by atoms with van der Waals surface area (Å²) in [5.41, 5.74) is 2.44. The largest absolute Gasteiger partial charge is 0.371 e. The average Bonchev–Trinajstić information content (AvgIpc) is 3.03. The summed E-state index contributed by atoms with van der Waals surface area (Å²) in [5.74, 6) is 0.313. The van der Waals surface area contributed by atoms with Gasteiger partial charge in [-0.2, -0.15) is 0 Å². The standard InChI is InChI=1S/C18H21ClN2O2S/c1-14-2-6-17(7-3-14)21-11-10-15(13-21)12-20-24(22,23)18-8-4-16(19)5-9-18/h2-9,15,20H,10-13H2,1H3. The molecule has 0 aromatic heterocycles. The zero-order chi connectivity index (χ0) is 17.2. The van der Waals surface area contributed by atoms with Gasteiger partial charge in [-0.25, -0.2) is 13.1 Å². The first-order valence-electron chi connectivity index (χ1n) is 8.01. The van der Waals surface area contributed by atoms with Crippen molar-refractivity contribution < 1.29 is 8.42 Å². The summed E-state index contributed by atoms with van der Waals surface area (Å²) in [4.78, 5) is 2.56. The van der Waals surface area contributed by atoms with E-state index in [9.17, 15) is 8.42 Å².